The zero-order chi connectivity index (χ0) is 14.6. The first-order valence-corrected chi connectivity index (χ1v) is 8.41. The quantitative estimate of drug-likeness (QED) is 0.749. The van der Waals surface area contributed by atoms with Crippen molar-refractivity contribution in [2.75, 3.05) is 26.2 Å². The van der Waals surface area contributed by atoms with Gasteiger partial charge in [0.05, 0.1) is 19.3 Å². The number of aromatic nitrogens is 2. The number of hydrogen-bond acceptors (Lipinski definition) is 5. The minimum Gasteiger partial charge on any atom is -0.394 e. The van der Waals surface area contributed by atoms with Gasteiger partial charge in [-0.3, -0.25) is 4.68 Å². The van der Waals surface area contributed by atoms with E-state index in [1.807, 2.05) is 0 Å². The van der Waals surface area contributed by atoms with E-state index in [-0.39, 0.29) is 17.5 Å². The SMILES string of the molecule is CCN1CCCC(NS(=O)(=O)c2cnn(CCO)c2)C1. The number of nitrogens with one attached hydrogen (secondary N) is 1. The van der Waals surface area contributed by atoms with E-state index in [4.69, 9.17) is 5.11 Å². The van der Waals surface area contributed by atoms with Gasteiger partial charge in [-0.2, -0.15) is 5.10 Å². The summed E-state index contributed by atoms with van der Waals surface area (Å²) in [6, 6.07) is -0.0464. The number of likely N-dealkylation sites (tertiary alicyclic amines) is 1. The number of nitrogens with zero attached hydrogens (tertiary/aromatic N) is 3. The molecule has 1 aromatic rings. The van der Waals surface area contributed by atoms with Crippen LogP contribution in [0.1, 0.15) is 19.8 Å². The average Bonchev–Trinajstić information content (AvgIpc) is 2.88. The van der Waals surface area contributed by atoms with Gasteiger partial charge in [-0.15, -0.1) is 0 Å². The third-order valence-corrected chi connectivity index (χ3v) is 5.00. The molecule has 1 fully saturated rings. The summed E-state index contributed by atoms with van der Waals surface area (Å²) >= 11 is 0. The van der Waals surface area contributed by atoms with Crippen LogP contribution in [0.25, 0.3) is 0 Å². The summed E-state index contributed by atoms with van der Waals surface area (Å²) in [5.41, 5.74) is 0. The second-order valence-electron chi connectivity index (χ2n) is 5.02. The largest absolute Gasteiger partial charge is 0.394 e. The van der Waals surface area contributed by atoms with Crippen molar-refractivity contribution in [3.05, 3.63) is 12.4 Å². The van der Waals surface area contributed by atoms with Gasteiger partial charge in [0.2, 0.25) is 10.0 Å². The molecule has 0 radical (unpaired) electrons. The third-order valence-electron chi connectivity index (χ3n) is 3.52. The van der Waals surface area contributed by atoms with Crippen molar-refractivity contribution in [1.82, 2.24) is 19.4 Å². The number of piperidine rings is 1. The first kappa shape index (κ1) is 15.4. The minimum absolute atomic E-state index is 0.0464. The van der Waals surface area contributed by atoms with Crippen molar-refractivity contribution in [1.29, 1.82) is 0 Å². The van der Waals surface area contributed by atoms with Crippen LogP contribution in [0.3, 0.4) is 0 Å². The Bertz CT molecular complexity index is 529. The number of aliphatic hydroxyl groups excluding tert-OH is 1. The van der Waals surface area contributed by atoms with E-state index in [0.29, 0.717) is 6.54 Å². The molecule has 0 spiro atoms. The molecule has 2 rings (SSSR count). The predicted molar refractivity (Wildman–Crippen MR) is 74.8 cm³/mol. The molecule has 0 aliphatic carbocycles. The van der Waals surface area contributed by atoms with Crippen LogP contribution in [0.15, 0.2) is 17.3 Å². The van der Waals surface area contributed by atoms with Crippen LogP contribution in [-0.4, -0.2) is 60.5 Å². The van der Waals surface area contributed by atoms with Gasteiger partial charge >= 0.3 is 0 Å². The van der Waals surface area contributed by atoms with Gasteiger partial charge in [-0.1, -0.05) is 6.92 Å². The molecule has 7 nitrogen and oxygen atoms in total. The number of sulfonamides is 1. The van der Waals surface area contributed by atoms with Gasteiger partial charge < -0.3 is 10.0 Å². The zero-order valence-electron chi connectivity index (χ0n) is 11.7. The molecule has 114 valence electrons. The zero-order valence-corrected chi connectivity index (χ0v) is 12.5. The summed E-state index contributed by atoms with van der Waals surface area (Å²) in [7, 11) is -3.53. The highest BCUT2D eigenvalue weighted by Gasteiger charge is 2.25. The Morgan fingerprint density at radius 1 is 1.55 bits per heavy atom. The molecule has 20 heavy (non-hydrogen) atoms. The van der Waals surface area contributed by atoms with Gasteiger partial charge in [0, 0.05) is 18.8 Å². The standard InChI is InChI=1S/C12H22N4O3S/c1-2-15-5-3-4-11(9-15)14-20(18,19)12-8-13-16(10-12)6-7-17/h8,10-11,14,17H,2-7,9H2,1H3. The van der Waals surface area contributed by atoms with E-state index in [2.05, 4.69) is 21.6 Å². The molecule has 1 aliphatic rings. The minimum atomic E-state index is -3.53. The topological polar surface area (TPSA) is 87.5 Å². The lowest BCUT2D eigenvalue weighted by Crippen LogP contribution is -2.47. The lowest BCUT2D eigenvalue weighted by atomic mass is 10.1. The molecule has 0 bridgehead atoms. The van der Waals surface area contributed by atoms with Crippen molar-refractivity contribution in [3.8, 4) is 0 Å². The molecule has 1 aliphatic heterocycles. The molecular weight excluding hydrogens is 280 g/mol. The van der Waals surface area contributed by atoms with Crippen molar-refractivity contribution in [3.63, 3.8) is 0 Å². The Morgan fingerprint density at radius 3 is 3.05 bits per heavy atom. The van der Waals surface area contributed by atoms with Crippen LogP contribution >= 0.6 is 0 Å². The molecule has 2 heterocycles. The number of rotatable bonds is 6. The fourth-order valence-electron chi connectivity index (χ4n) is 2.43. The van der Waals surface area contributed by atoms with Gasteiger partial charge in [-0.05, 0) is 25.9 Å². The first-order chi connectivity index (χ1) is 9.55. The highest BCUT2D eigenvalue weighted by molar-refractivity contribution is 7.89. The van der Waals surface area contributed by atoms with E-state index < -0.39 is 10.0 Å². The Labute approximate surface area is 119 Å². The van der Waals surface area contributed by atoms with E-state index >= 15 is 0 Å². The van der Waals surface area contributed by atoms with Gasteiger partial charge in [-0.25, -0.2) is 13.1 Å². The Morgan fingerprint density at radius 2 is 2.35 bits per heavy atom. The highest BCUT2D eigenvalue weighted by Crippen LogP contribution is 2.14. The third kappa shape index (κ3) is 3.78. The molecular formula is C12H22N4O3S. The van der Waals surface area contributed by atoms with Crippen LogP contribution in [0.2, 0.25) is 0 Å². The van der Waals surface area contributed by atoms with Crippen LogP contribution in [0.4, 0.5) is 0 Å². The molecule has 0 saturated carbocycles. The van der Waals surface area contributed by atoms with Gasteiger partial charge in [0.1, 0.15) is 4.90 Å². The second-order valence-corrected chi connectivity index (χ2v) is 6.73. The maximum atomic E-state index is 12.3. The molecule has 1 aromatic heterocycles. The second kappa shape index (κ2) is 6.66. The molecule has 1 atom stereocenters. The normalized spacial score (nSPS) is 21.2. The van der Waals surface area contributed by atoms with Crippen LogP contribution in [0.5, 0.6) is 0 Å². The maximum absolute atomic E-state index is 12.3. The maximum Gasteiger partial charge on any atom is 0.243 e. The molecule has 1 saturated heterocycles. The van der Waals surface area contributed by atoms with Crippen molar-refractivity contribution in [2.45, 2.75) is 37.2 Å². The van der Waals surface area contributed by atoms with E-state index in [0.717, 1.165) is 32.5 Å². The lowest BCUT2D eigenvalue weighted by Gasteiger charge is -2.31. The van der Waals surface area contributed by atoms with Crippen molar-refractivity contribution in [2.24, 2.45) is 0 Å². The lowest BCUT2D eigenvalue weighted by molar-refractivity contribution is 0.211. The van der Waals surface area contributed by atoms with Gasteiger partial charge in [0.25, 0.3) is 0 Å². The Balaban J connectivity index is 2.02. The summed E-state index contributed by atoms with van der Waals surface area (Å²) < 4.78 is 28.7. The fraction of sp³-hybridized carbons (Fsp3) is 0.750. The monoisotopic (exact) mass is 302 g/mol. The molecule has 2 N–H and O–H groups in total. The van der Waals surface area contributed by atoms with Crippen LogP contribution in [-0.2, 0) is 16.6 Å². The molecule has 8 heteroatoms. The number of likely N-dealkylation sites (N-methyl/N-ethyl adjacent to an activating group) is 1. The molecule has 0 amide bonds. The first-order valence-electron chi connectivity index (χ1n) is 6.93. The summed E-state index contributed by atoms with van der Waals surface area (Å²) in [6.45, 7) is 5.03. The van der Waals surface area contributed by atoms with Gasteiger partial charge in [0.15, 0.2) is 0 Å². The Hall–Kier alpha value is -0.960. The number of hydrogen-bond donors (Lipinski definition) is 2. The van der Waals surface area contributed by atoms with E-state index in [1.165, 1.54) is 17.1 Å². The summed E-state index contributed by atoms with van der Waals surface area (Å²) in [5.74, 6) is 0. The predicted octanol–water partition coefficient (Wildman–Crippen LogP) is -0.362. The molecule has 0 aromatic carbocycles. The summed E-state index contributed by atoms with van der Waals surface area (Å²) in [4.78, 5) is 2.39. The summed E-state index contributed by atoms with van der Waals surface area (Å²) in [5, 5.41) is 12.7. The fourth-order valence-corrected chi connectivity index (χ4v) is 3.65. The Kier molecular flexibility index (Phi) is 5.14. The summed E-state index contributed by atoms with van der Waals surface area (Å²) in [6.07, 6.45) is 4.63. The van der Waals surface area contributed by atoms with Crippen molar-refractivity contribution >= 4 is 10.0 Å². The van der Waals surface area contributed by atoms with E-state index in [1.54, 1.807) is 0 Å². The highest BCUT2D eigenvalue weighted by atomic mass is 32.2. The smallest absolute Gasteiger partial charge is 0.243 e. The molecule has 1 unspecified atom stereocenters. The van der Waals surface area contributed by atoms with Crippen LogP contribution in [0, 0.1) is 0 Å². The van der Waals surface area contributed by atoms with Crippen LogP contribution < -0.4 is 4.72 Å². The van der Waals surface area contributed by atoms with E-state index in [9.17, 15) is 8.42 Å². The average molecular weight is 302 g/mol. The van der Waals surface area contributed by atoms with Crippen molar-refractivity contribution < 1.29 is 13.5 Å². The number of aliphatic hydroxyl groups is 1.